The molecule has 0 saturated heterocycles. The van der Waals surface area contributed by atoms with Gasteiger partial charge >= 0.3 is 0 Å². The van der Waals surface area contributed by atoms with Gasteiger partial charge in [-0.3, -0.25) is 9.59 Å². The number of aromatic nitrogens is 1. The second-order valence-electron chi connectivity index (χ2n) is 7.59. The molecule has 1 aromatic heterocycles. The van der Waals surface area contributed by atoms with Crippen LogP contribution in [0, 0.1) is 12.3 Å². The van der Waals surface area contributed by atoms with Gasteiger partial charge in [-0.15, -0.1) is 0 Å². The lowest BCUT2D eigenvalue weighted by molar-refractivity contribution is -0.142. The van der Waals surface area contributed by atoms with E-state index in [1.165, 1.54) is 5.56 Å². The summed E-state index contributed by atoms with van der Waals surface area (Å²) in [6.45, 7) is 4.37. The molecule has 3 aromatic rings. The summed E-state index contributed by atoms with van der Waals surface area (Å²) >= 11 is 0. The van der Waals surface area contributed by atoms with Gasteiger partial charge in [0, 0.05) is 29.9 Å². The second kappa shape index (κ2) is 6.58. The third kappa shape index (κ3) is 3.45. The summed E-state index contributed by atoms with van der Waals surface area (Å²) in [7, 11) is 0. The molecule has 1 saturated carbocycles. The molecular formula is C22H22N2O3. The molecule has 0 aliphatic heterocycles. The zero-order valence-electron chi connectivity index (χ0n) is 15.5. The van der Waals surface area contributed by atoms with Crippen LogP contribution in [-0.4, -0.2) is 16.7 Å². The maximum absolute atomic E-state index is 12.5. The zero-order valence-corrected chi connectivity index (χ0v) is 15.5. The van der Waals surface area contributed by atoms with Gasteiger partial charge in [0.15, 0.2) is 0 Å². The van der Waals surface area contributed by atoms with Crippen LogP contribution in [0.1, 0.15) is 30.9 Å². The molecule has 1 heterocycles. The molecule has 0 bridgehead atoms. The van der Waals surface area contributed by atoms with E-state index >= 15 is 0 Å². The Bertz CT molecular complexity index is 1010. The standard InChI is InChI=1S/C22H22N2O3/c1-14-3-5-15(6-4-14)13-27-17-7-8-19-18(9-17)20(12-23-19)24-21(26)22(2)10-16(25)11-22/h3-9,12,23H,10-11,13H2,1-2H3,(H,24,26). The van der Waals surface area contributed by atoms with E-state index in [1.54, 1.807) is 6.20 Å². The van der Waals surface area contributed by atoms with Gasteiger partial charge in [0.2, 0.25) is 5.91 Å². The van der Waals surface area contributed by atoms with Crippen LogP contribution in [-0.2, 0) is 16.2 Å². The maximum Gasteiger partial charge on any atom is 0.231 e. The number of rotatable bonds is 5. The van der Waals surface area contributed by atoms with Crippen LogP contribution in [0.5, 0.6) is 5.75 Å². The van der Waals surface area contributed by atoms with Crippen molar-refractivity contribution in [2.24, 2.45) is 5.41 Å². The van der Waals surface area contributed by atoms with Crippen molar-refractivity contribution in [1.82, 2.24) is 4.98 Å². The number of aryl methyl sites for hydroxylation is 1. The van der Waals surface area contributed by atoms with Crippen molar-refractivity contribution in [1.29, 1.82) is 0 Å². The lowest BCUT2D eigenvalue weighted by Gasteiger charge is -2.34. The lowest BCUT2D eigenvalue weighted by atomic mass is 9.69. The fraction of sp³-hybridized carbons (Fsp3) is 0.273. The Morgan fingerprint density at radius 1 is 1.19 bits per heavy atom. The van der Waals surface area contributed by atoms with E-state index < -0.39 is 5.41 Å². The molecule has 1 fully saturated rings. The Labute approximate surface area is 157 Å². The van der Waals surface area contributed by atoms with Gasteiger partial charge in [0.05, 0.1) is 11.1 Å². The van der Waals surface area contributed by atoms with Crippen LogP contribution in [0.15, 0.2) is 48.7 Å². The summed E-state index contributed by atoms with van der Waals surface area (Å²) in [5.41, 5.74) is 3.35. The summed E-state index contributed by atoms with van der Waals surface area (Å²) < 4.78 is 5.91. The molecule has 1 aliphatic carbocycles. The molecule has 0 radical (unpaired) electrons. The van der Waals surface area contributed by atoms with E-state index in [1.807, 2.05) is 25.1 Å². The van der Waals surface area contributed by atoms with E-state index in [9.17, 15) is 9.59 Å². The topological polar surface area (TPSA) is 71.2 Å². The van der Waals surface area contributed by atoms with Crippen molar-refractivity contribution < 1.29 is 14.3 Å². The van der Waals surface area contributed by atoms with Crippen molar-refractivity contribution in [3.8, 4) is 5.75 Å². The number of fused-ring (bicyclic) bond motifs is 1. The van der Waals surface area contributed by atoms with Crippen LogP contribution in [0.4, 0.5) is 5.69 Å². The fourth-order valence-corrected chi connectivity index (χ4v) is 3.40. The zero-order chi connectivity index (χ0) is 19.0. The molecule has 5 heteroatoms. The van der Waals surface area contributed by atoms with Gasteiger partial charge in [-0.25, -0.2) is 0 Å². The molecule has 0 unspecified atom stereocenters. The maximum atomic E-state index is 12.5. The number of hydrogen-bond donors (Lipinski definition) is 2. The SMILES string of the molecule is Cc1ccc(COc2ccc3[nH]cc(NC(=O)C4(C)CC(=O)C4)c3c2)cc1. The van der Waals surface area contributed by atoms with Crippen molar-refractivity contribution >= 4 is 28.3 Å². The molecule has 5 nitrogen and oxygen atoms in total. The third-order valence-corrected chi connectivity index (χ3v) is 5.15. The molecule has 0 atom stereocenters. The number of nitrogens with one attached hydrogen (secondary N) is 2. The number of carbonyl (C=O) groups is 2. The minimum Gasteiger partial charge on any atom is -0.489 e. The van der Waals surface area contributed by atoms with E-state index in [2.05, 4.69) is 41.5 Å². The van der Waals surface area contributed by atoms with E-state index in [-0.39, 0.29) is 11.7 Å². The van der Waals surface area contributed by atoms with Crippen LogP contribution in [0.2, 0.25) is 0 Å². The van der Waals surface area contributed by atoms with E-state index in [4.69, 9.17) is 4.74 Å². The molecule has 138 valence electrons. The van der Waals surface area contributed by atoms with Crippen LogP contribution in [0.25, 0.3) is 10.9 Å². The number of hydrogen-bond acceptors (Lipinski definition) is 3. The molecule has 1 amide bonds. The average molecular weight is 362 g/mol. The highest BCUT2D eigenvalue weighted by Gasteiger charge is 2.45. The first-order valence-corrected chi connectivity index (χ1v) is 9.06. The van der Waals surface area contributed by atoms with Crippen molar-refractivity contribution in [2.75, 3.05) is 5.32 Å². The molecule has 2 N–H and O–H groups in total. The Morgan fingerprint density at radius 2 is 1.93 bits per heavy atom. The molecule has 2 aromatic carbocycles. The number of benzene rings is 2. The quantitative estimate of drug-likeness (QED) is 0.708. The van der Waals surface area contributed by atoms with Crippen molar-refractivity contribution in [3.05, 3.63) is 59.8 Å². The number of anilines is 1. The van der Waals surface area contributed by atoms with Crippen molar-refractivity contribution in [2.45, 2.75) is 33.3 Å². The summed E-state index contributed by atoms with van der Waals surface area (Å²) in [6.07, 6.45) is 2.40. The monoisotopic (exact) mass is 362 g/mol. The molecule has 4 rings (SSSR count). The minimum absolute atomic E-state index is 0.117. The van der Waals surface area contributed by atoms with Gasteiger partial charge < -0.3 is 15.0 Å². The lowest BCUT2D eigenvalue weighted by Crippen LogP contribution is -2.44. The highest BCUT2D eigenvalue weighted by Crippen LogP contribution is 2.39. The number of ketones is 1. The Morgan fingerprint density at radius 3 is 2.63 bits per heavy atom. The number of amides is 1. The van der Waals surface area contributed by atoms with E-state index in [0.29, 0.717) is 25.1 Å². The van der Waals surface area contributed by atoms with Crippen LogP contribution < -0.4 is 10.1 Å². The second-order valence-corrected chi connectivity index (χ2v) is 7.59. The first-order chi connectivity index (χ1) is 12.9. The first kappa shape index (κ1) is 17.3. The van der Waals surface area contributed by atoms with Gasteiger partial charge in [0.1, 0.15) is 18.1 Å². The van der Waals surface area contributed by atoms with Crippen LogP contribution in [0.3, 0.4) is 0 Å². The predicted octanol–water partition coefficient (Wildman–Crippen LogP) is 4.36. The molecular weight excluding hydrogens is 340 g/mol. The smallest absolute Gasteiger partial charge is 0.231 e. The molecule has 1 aliphatic rings. The molecule has 27 heavy (non-hydrogen) atoms. The van der Waals surface area contributed by atoms with Crippen molar-refractivity contribution in [3.63, 3.8) is 0 Å². The number of H-pyrrole nitrogens is 1. The van der Waals surface area contributed by atoms with Gasteiger partial charge in [-0.2, -0.15) is 0 Å². The van der Waals surface area contributed by atoms with Crippen LogP contribution >= 0.6 is 0 Å². The summed E-state index contributed by atoms with van der Waals surface area (Å²) in [6, 6.07) is 14.0. The summed E-state index contributed by atoms with van der Waals surface area (Å²) in [5, 5.41) is 3.85. The van der Waals surface area contributed by atoms with Gasteiger partial charge in [-0.1, -0.05) is 29.8 Å². The van der Waals surface area contributed by atoms with Gasteiger partial charge in [0.25, 0.3) is 0 Å². The fourth-order valence-electron chi connectivity index (χ4n) is 3.40. The summed E-state index contributed by atoms with van der Waals surface area (Å²) in [4.78, 5) is 27.0. The normalized spacial score (nSPS) is 15.4. The molecule has 0 spiro atoms. The minimum atomic E-state index is -0.597. The Balaban J connectivity index is 1.50. The number of Topliss-reactive ketones (excluding diaryl/α,β-unsaturated/α-hetero) is 1. The highest BCUT2D eigenvalue weighted by atomic mass is 16.5. The predicted molar refractivity (Wildman–Crippen MR) is 105 cm³/mol. The number of aromatic amines is 1. The highest BCUT2D eigenvalue weighted by molar-refractivity contribution is 6.08. The third-order valence-electron chi connectivity index (χ3n) is 5.15. The number of carbonyl (C=O) groups excluding carboxylic acids is 2. The Hall–Kier alpha value is -3.08. The Kier molecular flexibility index (Phi) is 4.22. The summed E-state index contributed by atoms with van der Waals surface area (Å²) in [5.74, 6) is 0.760. The van der Waals surface area contributed by atoms with E-state index in [0.717, 1.165) is 22.2 Å². The first-order valence-electron chi connectivity index (χ1n) is 9.06. The average Bonchev–Trinajstić information content (AvgIpc) is 3.02. The largest absolute Gasteiger partial charge is 0.489 e. The van der Waals surface area contributed by atoms with Gasteiger partial charge in [-0.05, 0) is 37.6 Å². The number of ether oxygens (including phenoxy) is 1.